The molecule has 0 spiro atoms. The topological polar surface area (TPSA) is 53.8 Å². The number of carbonyl (C=O) groups is 1. The molecule has 1 atom stereocenters. The van der Waals surface area contributed by atoms with E-state index in [0.29, 0.717) is 5.92 Å². The molecule has 4 nitrogen and oxygen atoms in total. The summed E-state index contributed by atoms with van der Waals surface area (Å²) in [7, 11) is 0. The van der Waals surface area contributed by atoms with Crippen molar-refractivity contribution in [3.8, 4) is 0 Å². The van der Waals surface area contributed by atoms with E-state index in [-0.39, 0.29) is 11.8 Å². The van der Waals surface area contributed by atoms with Crippen LogP contribution in [0.1, 0.15) is 43.4 Å². The molecule has 1 N–H and O–H groups in total. The highest BCUT2D eigenvalue weighted by atomic mass is 16.1. The van der Waals surface area contributed by atoms with E-state index >= 15 is 0 Å². The van der Waals surface area contributed by atoms with Crippen molar-refractivity contribution in [2.45, 2.75) is 40.0 Å². The van der Waals surface area contributed by atoms with Crippen molar-refractivity contribution in [3.05, 3.63) is 89.5 Å². The quantitative estimate of drug-likeness (QED) is 0.415. The molecule has 0 heterocycles. The molecule has 0 saturated carbocycles. The highest BCUT2D eigenvalue weighted by molar-refractivity contribution is 5.95. The van der Waals surface area contributed by atoms with Crippen LogP contribution in [0.2, 0.25) is 0 Å². The number of aryl methyl sites for hydroxylation is 1. The zero-order valence-corrected chi connectivity index (χ0v) is 18.1. The second-order valence-electron chi connectivity index (χ2n) is 8.08. The largest absolute Gasteiger partial charge is 0.326 e. The van der Waals surface area contributed by atoms with E-state index in [0.717, 1.165) is 34.6 Å². The smallest absolute Gasteiger partial charge is 0.231 e. The molecule has 0 aliphatic rings. The molecule has 4 heteroatoms. The number of anilines is 1. The summed E-state index contributed by atoms with van der Waals surface area (Å²) in [5.74, 6) is 0.371. The summed E-state index contributed by atoms with van der Waals surface area (Å²) in [5, 5.41) is 11.6. The van der Waals surface area contributed by atoms with Crippen LogP contribution in [-0.2, 0) is 11.2 Å². The third-order valence-electron chi connectivity index (χ3n) is 5.04. The Kier molecular flexibility index (Phi) is 7.12. The lowest BCUT2D eigenvalue weighted by atomic mass is 9.96. The molecule has 30 heavy (non-hydrogen) atoms. The first-order valence-electron chi connectivity index (χ1n) is 10.4. The molecule has 0 fully saturated rings. The summed E-state index contributed by atoms with van der Waals surface area (Å²) < 4.78 is 0. The predicted octanol–water partition coefficient (Wildman–Crippen LogP) is 7.35. The molecule has 3 aromatic rings. The van der Waals surface area contributed by atoms with Gasteiger partial charge in [-0.05, 0) is 73.2 Å². The van der Waals surface area contributed by atoms with E-state index < -0.39 is 0 Å². The fourth-order valence-electron chi connectivity index (χ4n) is 3.21. The van der Waals surface area contributed by atoms with Gasteiger partial charge in [-0.15, -0.1) is 0 Å². The highest BCUT2D eigenvalue weighted by Gasteiger charge is 2.15. The molecule has 3 rings (SSSR count). The van der Waals surface area contributed by atoms with Gasteiger partial charge in [0.05, 0.1) is 17.3 Å². The lowest BCUT2D eigenvalue weighted by molar-refractivity contribution is -0.117. The first kappa shape index (κ1) is 21.4. The molecule has 3 aromatic carbocycles. The third kappa shape index (κ3) is 5.86. The lowest BCUT2D eigenvalue weighted by Gasteiger charge is -2.14. The minimum Gasteiger partial charge on any atom is -0.326 e. The minimum atomic E-state index is -0.224. The van der Waals surface area contributed by atoms with Crippen molar-refractivity contribution >= 4 is 23.0 Å². The maximum atomic E-state index is 12.7. The lowest BCUT2D eigenvalue weighted by Crippen LogP contribution is -2.18. The molecular formula is C26H29N3O. The first-order chi connectivity index (χ1) is 14.4. The van der Waals surface area contributed by atoms with Crippen molar-refractivity contribution < 1.29 is 4.79 Å². The minimum absolute atomic E-state index is 0.0269. The van der Waals surface area contributed by atoms with Gasteiger partial charge in [-0.1, -0.05) is 56.3 Å². The number of nitrogens with zero attached hydrogens (tertiary/aromatic N) is 2. The summed E-state index contributed by atoms with van der Waals surface area (Å²) in [4.78, 5) is 12.7. The van der Waals surface area contributed by atoms with E-state index in [4.69, 9.17) is 0 Å². The Morgan fingerprint density at radius 2 is 1.53 bits per heavy atom. The van der Waals surface area contributed by atoms with Gasteiger partial charge in [0, 0.05) is 5.69 Å². The Bertz CT molecular complexity index is 1010. The van der Waals surface area contributed by atoms with E-state index in [1.807, 2.05) is 62.4 Å². The second kappa shape index (κ2) is 9.97. The Labute approximate surface area is 179 Å². The monoisotopic (exact) mass is 399 g/mol. The Morgan fingerprint density at radius 3 is 2.17 bits per heavy atom. The number of carbonyl (C=O) groups excluding carboxylic acids is 1. The predicted molar refractivity (Wildman–Crippen MR) is 124 cm³/mol. The number of amides is 1. The molecule has 0 aliphatic heterocycles. The van der Waals surface area contributed by atoms with E-state index in [1.54, 1.807) is 0 Å². The van der Waals surface area contributed by atoms with Gasteiger partial charge < -0.3 is 5.32 Å². The molecule has 1 unspecified atom stereocenters. The zero-order chi connectivity index (χ0) is 21.5. The summed E-state index contributed by atoms with van der Waals surface area (Å²) in [5.41, 5.74) is 5.74. The van der Waals surface area contributed by atoms with Crippen molar-refractivity contribution in [2.75, 3.05) is 5.32 Å². The van der Waals surface area contributed by atoms with Crippen LogP contribution in [0.15, 0.2) is 83.0 Å². The molecule has 0 aliphatic carbocycles. The van der Waals surface area contributed by atoms with Crippen molar-refractivity contribution in [3.63, 3.8) is 0 Å². The average molecular weight is 400 g/mol. The Morgan fingerprint density at radius 1 is 0.867 bits per heavy atom. The summed E-state index contributed by atoms with van der Waals surface area (Å²) in [6.07, 6.45) is 1.05. The normalized spacial score (nSPS) is 12.3. The number of benzene rings is 3. The van der Waals surface area contributed by atoms with Gasteiger partial charge >= 0.3 is 0 Å². The third-order valence-corrected chi connectivity index (χ3v) is 5.04. The fraction of sp³-hybridized carbons (Fsp3) is 0.269. The number of rotatable bonds is 7. The maximum Gasteiger partial charge on any atom is 0.231 e. The van der Waals surface area contributed by atoms with Crippen LogP contribution < -0.4 is 5.32 Å². The average Bonchev–Trinajstić information content (AvgIpc) is 2.74. The molecule has 0 bridgehead atoms. The van der Waals surface area contributed by atoms with E-state index in [2.05, 4.69) is 53.7 Å². The molecule has 1 amide bonds. The summed E-state index contributed by atoms with van der Waals surface area (Å²) in [6, 6.07) is 23.6. The zero-order valence-electron chi connectivity index (χ0n) is 18.1. The SMILES string of the molecule is Cc1ccccc1N=Nc1ccc(NC(=O)C(C)c2ccc(CC(C)C)cc2)cc1. The van der Waals surface area contributed by atoms with Gasteiger partial charge in [0.15, 0.2) is 0 Å². The molecule has 0 radical (unpaired) electrons. The molecule has 0 aromatic heterocycles. The van der Waals surface area contributed by atoms with Gasteiger partial charge in [-0.3, -0.25) is 4.79 Å². The van der Waals surface area contributed by atoms with Crippen LogP contribution in [0.25, 0.3) is 0 Å². The maximum absolute atomic E-state index is 12.7. The highest BCUT2D eigenvalue weighted by Crippen LogP contribution is 2.24. The van der Waals surface area contributed by atoms with E-state index in [1.165, 1.54) is 5.56 Å². The number of azo groups is 1. The van der Waals surface area contributed by atoms with Gasteiger partial charge in [0.1, 0.15) is 0 Å². The van der Waals surface area contributed by atoms with E-state index in [9.17, 15) is 4.79 Å². The van der Waals surface area contributed by atoms with Crippen molar-refractivity contribution in [2.24, 2.45) is 16.1 Å². The fourth-order valence-corrected chi connectivity index (χ4v) is 3.21. The number of hydrogen-bond donors (Lipinski definition) is 1. The van der Waals surface area contributed by atoms with Gasteiger partial charge in [-0.25, -0.2) is 0 Å². The molecule has 154 valence electrons. The number of hydrogen-bond acceptors (Lipinski definition) is 3. The Hall–Kier alpha value is -3.27. The van der Waals surface area contributed by atoms with Crippen LogP contribution in [0.4, 0.5) is 17.1 Å². The first-order valence-corrected chi connectivity index (χ1v) is 10.4. The van der Waals surface area contributed by atoms with Crippen LogP contribution in [0.5, 0.6) is 0 Å². The summed E-state index contributed by atoms with van der Waals surface area (Å²) in [6.45, 7) is 8.35. The van der Waals surface area contributed by atoms with Gasteiger partial charge in [0.25, 0.3) is 0 Å². The van der Waals surface area contributed by atoms with Crippen molar-refractivity contribution in [1.82, 2.24) is 0 Å². The van der Waals surface area contributed by atoms with Crippen LogP contribution >= 0.6 is 0 Å². The second-order valence-corrected chi connectivity index (χ2v) is 8.08. The van der Waals surface area contributed by atoms with Crippen molar-refractivity contribution in [1.29, 1.82) is 0 Å². The summed E-state index contributed by atoms with van der Waals surface area (Å²) >= 11 is 0. The van der Waals surface area contributed by atoms with Crippen LogP contribution in [-0.4, -0.2) is 5.91 Å². The number of nitrogens with one attached hydrogen (secondary N) is 1. The van der Waals surface area contributed by atoms with Crippen LogP contribution in [0.3, 0.4) is 0 Å². The van der Waals surface area contributed by atoms with Gasteiger partial charge in [0.2, 0.25) is 5.91 Å². The Balaban J connectivity index is 1.60. The van der Waals surface area contributed by atoms with Crippen LogP contribution in [0, 0.1) is 12.8 Å². The standard InChI is InChI=1S/C26H29N3O/c1-18(2)17-21-9-11-22(12-10-21)20(4)26(30)27-23-13-15-24(16-14-23)28-29-25-8-6-5-7-19(25)3/h5-16,18,20H,17H2,1-4H3,(H,27,30). The van der Waals surface area contributed by atoms with Gasteiger partial charge in [-0.2, -0.15) is 10.2 Å². The molecule has 0 saturated heterocycles. The molecular weight excluding hydrogens is 370 g/mol.